The molecule has 18 heavy (non-hydrogen) atoms. The molecule has 1 unspecified atom stereocenters. The Balaban J connectivity index is 2.36. The van der Waals surface area contributed by atoms with Gasteiger partial charge in [0.1, 0.15) is 6.79 Å². The lowest BCUT2D eigenvalue weighted by Crippen LogP contribution is -2.57. The van der Waals surface area contributed by atoms with Gasteiger partial charge in [0, 0.05) is 0 Å². The van der Waals surface area contributed by atoms with Gasteiger partial charge in [0.2, 0.25) is 0 Å². The van der Waals surface area contributed by atoms with E-state index in [0.29, 0.717) is 5.41 Å². The Hall–Kier alpha value is -0.0800. The average Bonchev–Trinajstić information content (AvgIpc) is 2.64. The normalized spacial score (nSPS) is 47.0. The van der Waals surface area contributed by atoms with Gasteiger partial charge in [0.15, 0.2) is 0 Å². The van der Waals surface area contributed by atoms with E-state index in [9.17, 15) is 5.11 Å². The van der Waals surface area contributed by atoms with Gasteiger partial charge in [-0.3, -0.25) is 0 Å². The molecular weight excluding hydrogens is 224 g/mol. The summed E-state index contributed by atoms with van der Waals surface area (Å²) in [7, 11) is 0. The third kappa shape index (κ3) is 1.68. The molecule has 0 aromatic carbocycles. The van der Waals surface area contributed by atoms with Crippen LogP contribution in [0.5, 0.6) is 0 Å². The Morgan fingerprint density at radius 1 is 1.17 bits per heavy atom. The lowest BCUT2D eigenvalue weighted by Gasteiger charge is -2.59. The van der Waals surface area contributed by atoms with E-state index in [1.165, 1.54) is 25.7 Å². The van der Waals surface area contributed by atoms with Gasteiger partial charge < -0.3 is 9.84 Å². The van der Waals surface area contributed by atoms with Crippen molar-refractivity contribution < 1.29 is 9.84 Å². The van der Waals surface area contributed by atoms with Crippen molar-refractivity contribution in [3.8, 4) is 0 Å². The van der Waals surface area contributed by atoms with Crippen molar-refractivity contribution in [3.05, 3.63) is 0 Å². The molecule has 106 valence electrons. The van der Waals surface area contributed by atoms with Crippen LogP contribution in [-0.2, 0) is 4.74 Å². The molecule has 2 fully saturated rings. The van der Waals surface area contributed by atoms with Crippen LogP contribution >= 0.6 is 0 Å². The fourth-order valence-electron chi connectivity index (χ4n) is 5.17. The Morgan fingerprint density at radius 2 is 1.83 bits per heavy atom. The van der Waals surface area contributed by atoms with Crippen molar-refractivity contribution in [2.24, 2.45) is 22.7 Å². The molecule has 2 nitrogen and oxygen atoms in total. The number of ether oxygens (including phenoxy) is 1. The van der Waals surface area contributed by atoms with E-state index in [0.717, 1.165) is 18.3 Å². The number of aliphatic hydroxyl groups is 1. The van der Waals surface area contributed by atoms with E-state index in [2.05, 4.69) is 34.6 Å². The summed E-state index contributed by atoms with van der Waals surface area (Å²) in [6.07, 6.45) is 6.31. The quantitative estimate of drug-likeness (QED) is 0.772. The van der Waals surface area contributed by atoms with E-state index in [-0.39, 0.29) is 17.8 Å². The first-order valence-electron chi connectivity index (χ1n) is 7.59. The second-order valence-electron chi connectivity index (χ2n) is 7.34. The van der Waals surface area contributed by atoms with Crippen molar-refractivity contribution in [3.63, 3.8) is 0 Å². The first-order chi connectivity index (χ1) is 8.34. The minimum atomic E-state index is -0.171. The third-order valence-corrected chi connectivity index (χ3v) is 6.91. The zero-order valence-corrected chi connectivity index (χ0v) is 12.8. The highest BCUT2D eigenvalue weighted by molar-refractivity contribution is 5.11. The van der Waals surface area contributed by atoms with Gasteiger partial charge >= 0.3 is 0 Å². The van der Waals surface area contributed by atoms with Crippen LogP contribution in [0.1, 0.15) is 66.7 Å². The van der Waals surface area contributed by atoms with Gasteiger partial charge in [-0.1, -0.05) is 27.7 Å². The monoisotopic (exact) mass is 254 g/mol. The molecule has 2 aliphatic carbocycles. The first kappa shape index (κ1) is 14.3. The third-order valence-electron chi connectivity index (χ3n) is 6.91. The molecule has 1 N–H and O–H groups in total. The molecule has 0 saturated heterocycles. The molecule has 2 heteroatoms. The van der Waals surface area contributed by atoms with Gasteiger partial charge in [-0.2, -0.15) is 0 Å². The zero-order valence-electron chi connectivity index (χ0n) is 12.8. The highest BCUT2D eigenvalue weighted by atomic mass is 16.6. The topological polar surface area (TPSA) is 29.5 Å². The van der Waals surface area contributed by atoms with Gasteiger partial charge in [-0.25, -0.2) is 0 Å². The number of aliphatic hydroxyl groups excluding tert-OH is 1. The van der Waals surface area contributed by atoms with Crippen LogP contribution in [0.2, 0.25) is 0 Å². The standard InChI is InChI=1S/C16H30O2/c1-6-16-10-9-15(5,18-11-17)14(3,4)13(16)8-7-12(16)2/h12-13,17H,6-11H2,1-5H3/t12-,13+,15?,16-/m1/s1. The maximum atomic E-state index is 9.21. The van der Waals surface area contributed by atoms with Gasteiger partial charge in [0.05, 0.1) is 5.60 Å². The van der Waals surface area contributed by atoms with Crippen molar-refractivity contribution >= 4 is 0 Å². The molecule has 0 heterocycles. The summed E-state index contributed by atoms with van der Waals surface area (Å²) in [5, 5.41) is 9.21. The Bertz CT molecular complexity index is 312. The highest BCUT2D eigenvalue weighted by Crippen LogP contribution is 2.66. The van der Waals surface area contributed by atoms with Crippen LogP contribution < -0.4 is 0 Å². The van der Waals surface area contributed by atoms with E-state index < -0.39 is 0 Å². The minimum Gasteiger partial charge on any atom is -0.371 e. The molecule has 4 atom stereocenters. The van der Waals surface area contributed by atoms with E-state index >= 15 is 0 Å². The molecule has 0 aromatic rings. The van der Waals surface area contributed by atoms with Crippen LogP contribution in [0, 0.1) is 22.7 Å². The lowest BCUT2D eigenvalue weighted by atomic mass is 9.49. The molecule has 0 radical (unpaired) electrons. The van der Waals surface area contributed by atoms with Gasteiger partial charge in [-0.15, -0.1) is 0 Å². The largest absolute Gasteiger partial charge is 0.371 e. The first-order valence-corrected chi connectivity index (χ1v) is 7.59. The second-order valence-corrected chi connectivity index (χ2v) is 7.34. The van der Waals surface area contributed by atoms with Crippen LogP contribution in [-0.4, -0.2) is 17.5 Å². The summed E-state index contributed by atoms with van der Waals surface area (Å²) in [6.45, 7) is 11.6. The van der Waals surface area contributed by atoms with E-state index in [4.69, 9.17) is 4.74 Å². The molecule has 0 amide bonds. The number of fused-ring (bicyclic) bond motifs is 1. The van der Waals surface area contributed by atoms with Crippen LogP contribution in [0.4, 0.5) is 0 Å². The molecule has 0 aromatic heterocycles. The maximum absolute atomic E-state index is 9.21. The molecular formula is C16H30O2. The molecule has 0 spiro atoms. The van der Waals surface area contributed by atoms with E-state index in [1.807, 2.05) is 0 Å². The Labute approximate surface area is 112 Å². The van der Waals surface area contributed by atoms with Crippen LogP contribution in [0.3, 0.4) is 0 Å². The maximum Gasteiger partial charge on any atom is 0.144 e. The minimum absolute atomic E-state index is 0.148. The fourth-order valence-corrected chi connectivity index (χ4v) is 5.17. The summed E-state index contributed by atoms with van der Waals surface area (Å²) >= 11 is 0. The second kappa shape index (κ2) is 4.49. The molecule has 2 rings (SSSR count). The highest BCUT2D eigenvalue weighted by Gasteiger charge is 2.61. The average molecular weight is 254 g/mol. The predicted molar refractivity (Wildman–Crippen MR) is 74.2 cm³/mol. The van der Waals surface area contributed by atoms with Crippen molar-refractivity contribution in [2.45, 2.75) is 72.3 Å². The van der Waals surface area contributed by atoms with Gasteiger partial charge in [-0.05, 0) is 61.7 Å². The number of hydrogen-bond donors (Lipinski definition) is 1. The van der Waals surface area contributed by atoms with Crippen molar-refractivity contribution in [1.82, 2.24) is 0 Å². The SMILES string of the molecule is CC[C@]12CCC(C)(OCO)C(C)(C)[C@@H]1CC[C@H]2C. The lowest BCUT2D eigenvalue weighted by molar-refractivity contribution is -0.220. The summed E-state index contributed by atoms with van der Waals surface area (Å²) in [4.78, 5) is 0. The van der Waals surface area contributed by atoms with Crippen molar-refractivity contribution in [2.75, 3.05) is 6.79 Å². The summed E-state index contributed by atoms with van der Waals surface area (Å²) in [5.74, 6) is 1.57. The van der Waals surface area contributed by atoms with Crippen molar-refractivity contribution in [1.29, 1.82) is 0 Å². The summed E-state index contributed by atoms with van der Waals surface area (Å²) < 4.78 is 5.77. The van der Waals surface area contributed by atoms with Gasteiger partial charge in [0.25, 0.3) is 0 Å². The predicted octanol–water partition coefficient (Wildman–Crippen LogP) is 3.97. The zero-order chi connectivity index (χ0) is 13.6. The Morgan fingerprint density at radius 3 is 2.39 bits per heavy atom. The van der Waals surface area contributed by atoms with Crippen LogP contribution in [0.15, 0.2) is 0 Å². The van der Waals surface area contributed by atoms with Crippen LogP contribution in [0.25, 0.3) is 0 Å². The number of hydrogen-bond acceptors (Lipinski definition) is 2. The molecule has 2 saturated carbocycles. The Kier molecular flexibility index (Phi) is 3.57. The molecule has 0 bridgehead atoms. The molecule has 2 aliphatic rings. The fraction of sp³-hybridized carbons (Fsp3) is 1.00. The van der Waals surface area contributed by atoms with E-state index in [1.54, 1.807) is 0 Å². The smallest absolute Gasteiger partial charge is 0.144 e. The summed E-state index contributed by atoms with van der Waals surface area (Å²) in [5.41, 5.74) is 0.492. The number of rotatable bonds is 3. The molecule has 0 aliphatic heterocycles. The summed E-state index contributed by atoms with van der Waals surface area (Å²) in [6, 6.07) is 0.